The van der Waals surface area contributed by atoms with Crippen LogP contribution in [0.5, 0.6) is 0 Å². The monoisotopic (exact) mass is 251 g/mol. The highest BCUT2D eigenvalue weighted by Gasteiger charge is 2.24. The van der Waals surface area contributed by atoms with Gasteiger partial charge in [-0.3, -0.25) is 0 Å². The van der Waals surface area contributed by atoms with Crippen molar-refractivity contribution in [1.29, 1.82) is 0 Å². The largest absolute Gasteiger partial charge is 0.334 e. The van der Waals surface area contributed by atoms with Gasteiger partial charge >= 0.3 is 0 Å². The molecule has 2 heterocycles. The Balaban J connectivity index is 1.97. The topological polar surface area (TPSA) is 51.0 Å². The van der Waals surface area contributed by atoms with Crippen molar-refractivity contribution in [3.05, 3.63) is 35.7 Å². The van der Waals surface area contributed by atoms with Gasteiger partial charge in [-0.1, -0.05) is 11.2 Å². The van der Waals surface area contributed by atoms with Gasteiger partial charge in [0.2, 0.25) is 0 Å². The molecule has 0 bridgehead atoms. The lowest BCUT2D eigenvalue weighted by Crippen LogP contribution is -2.14. The first-order valence-corrected chi connectivity index (χ1v) is 5.77. The number of rotatable bonds is 2. The van der Waals surface area contributed by atoms with E-state index in [2.05, 4.69) is 15.5 Å². The van der Waals surface area contributed by atoms with E-state index in [4.69, 9.17) is 4.52 Å². The molecule has 6 heteroatoms. The minimum absolute atomic E-state index is 0.0114. The zero-order valence-corrected chi connectivity index (χ0v) is 9.49. The van der Waals surface area contributed by atoms with Crippen molar-refractivity contribution in [1.82, 2.24) is 15.5 Å². The van der Waals surface area contributed by atoms with Gasteiger partial charge in [0.25, 0.3) is 5.89 Å². The van der Waals surface area contributed by atoms with Gasteiger partial charge < -0.3 is 9.84 Å². The summed E-state index contributed by atoms with van der Waals surface area (Å²) in [6, 6.07) is 3.63. The molecule has 1 aromatic carbocycles. The minimum Gasteiger partial charge on any atom is -0.334 e. The smallest absolute Gasteiger partial charge is 0.263 e. The maximum Gasteiger partial charge on any atom is 0.263 e. The summed E-state index contributed by atoms with van der Waals surface area (Å²) in [5.41, 5.74) is -0.269. The number of hydrogen-bond donors (Lipinski definition) is 1. The second-order valence-corrected chi connectivity index (χ2v) is 4.20. The van der Waals surface area contributed by atoms with Crippen LogP contribution in [-0.4, -0.2) is 16.7 Å². The first-order chi connectivity index (χ1) is 8.75. The highest BCUT2D eigenvalue weighted by Crippen LogP contribution is 2.27. The van der Waals surface area contributed by atoms with Crippen LogP contribution in [0.25, 0.3) is 11.5 Å². The zero-order valence-electron chi connectivity index (χ0n) is 9.49. The summed E-state index contributed by atoms with van der Waals surface area (Å²) in [4.78, 5) is 4.06. The average Bonchev–Trinajstić information content (AvgIpc) is 2.99. The van der Waals surface area contributed by atoms with Gasteiger partial charge in [-0.25, -0.2) is 8.78 Å². The highest BCUT2D eigenvalue weighted by molar-refractivity contribution is 5.54. The summed E-state index contributed by atoms with van der Waals surface area (Å²) in [6.45, 7) is 0.891. The van der Waals surface area contributed by atoms with Crippen molar-refractivity contribution in [2.45, 2.75) is 18.9 Å². The third kappa shape index (κ3) is 1.88. The molecule has 0 aliphatic carbocycles. The summed E-state index contributed by atoms with van der Waals surface area (Å²) in [5.74, 6) is -1.08. The molecule has 3 rings (SSSR count). The van der Waals surface area contributed by atoms with E-state index in [1.807, 2.05) is 0 Å². The van der Waals surface area contributed by atoms with Crippen LogP contribution in [0.2, 0.25) is 0 Å². The Hall–Kier alpha value is -1.82. The van der Waals surface area contributed by atoms with Crippen molar-refractivity contribution >= 4 is 0 Å². The van der Waals surface area contributed by atoms with Crippen LogP contribution in [0.15, 0.2) is 22.7 Å². The van der Waals surface area contributed by atoms with E-state index in [-0.39, 0.29) is 17.5 Å². The standard InChI is InChI=1S/C12H11F2N3O/c13-7-3-1-4-8(14)10(7)12-16-11(17-18-12)9-5-2-6-15-9/h1,3-4,9,15H,2,5-6H2. The number of nitrogens with one attached hydrogen (secondary N) is 1. The molecule has 1 aromatic heterocycles. The maximum atomic E-state index is 13.5. The van der Waals surface area contributed by atoms with E-state index in [9.17, 15) is 8.78 Å². The van der Waals surface area contributed by atoms with Gasteiger partial charge in [-0.2, -0.15) is 4.98 Å². The van der Waals surface area contributed by atoms with E-state index in [1.54, 1.807) is 0 Å². The molecule has 1 aliphatic rings. The number of hydrogen-bond acceptors (Lipinski definition) is 4. The summed E-state index contributed by atoms with van der Waals surface area (Å²) in [5, 5.41) is 6.97. The molecule has 1 saturated heterocycles. The molecule has 4 nitrogen and oxygen atoms in total. The van der Waals surface area contributed by atoms with Crippen LogP contribution in [-0.2, 0) is 0 Å². The van der Waals surface area contributed by atoms with Crippen molar-refractivity contribution in [2.24, 2.45) is 0 Å². The molecule has 1 fully saturated rings. The van der Waals surface area contributed by atoms with Crippen LogP contribution in [0.3, 0.4) is 0 Å². The Morgan fingerprint density at radius 3 is 2.72 bits per heavy atom. The Labute approximate surface area is 102 Å². The van der Waals surface area contributed by atoms with Gasteiger partial charge in [0.1, 0.15) is 17.2 Å². The highest BCUT2D eigenvalue weighted by atomic mass is 19.1. The van der Waals surface area contributed by atoms with Crippen LogP contribution >= 0.6 is 0 Å². The van der Waals surface area contributed by atoms with Gasteiger partial charge in [-0.15, -0.1) is 0 Å². The molecular weight excluding hydrogens is 240 g/mol. The number of nitrogens with zero attached hydrogens (tertiary/aromatic N) is 2. The Bertz CT molecular complexity index is 544. The predicted octanol–water partition coefficient (Wildman–Crippen LogP) is 2.44. The molecule has 0 spiro atoms. The third-order valence-corrected chi connectivity index (χ3v) is 2.99. The van der Waals surface area contributed by atoms with Crippen molar-refractivity contribution in [2.75, 3.05) is 6.54 Å². The molecule has 2 aromatic rings. The molecule has 1 atom stereocenters. The fourth-order valence-corrected chi connectivity index (χ4v) is 2.09. The van der Waals surface area contributed by atoms with Gasteiger partial charge in [0.05, 0.1) is 6.04 Å². The van der Waals surface area contributed by atoms with Crippen LogP contribution in [0.1, 0.15) is 24.7 Å². The summed E-state index contributed by atoms with van der Waals surface area (Å²) < 4.78 is 32.0. The quantitative estimate of drug-likeness (QED) is 0.890. The van der Waals surface area contributed by atoms with Gasteiger partial charge in [-0.05, 0) is 31.5 Å². The summed E-state index contributed by atoms with van der Waals surface area (Å²) >= 11 is 0. The Morgan fingerprint density at radius 2 is 2.06 bits per heavy atom. The molecule has 0 saturated carbocycles. The fraction of sp³-hybridized carbons (Fsp3) is 0.333. The SMILES string of the molecule is Fc1cccc(F)c1-c1nc(C2CCCN2)no1. The van der Waals surface area contributed by atoms with E-state index >= 15 is 0 Å². The van der Waals surface area contributed by atoms with Crippen LogP contribution < -0.4 is 5.32 Å². The van der Waals surface area contributed by atoms with Crippen molar-refractivity contribution < 1.29 is 13.3 Å². The lowest BCUT2D eigenvalue weighted by atomic mass is 10.2. The molecule has 1 N–H and O–H groups in total. The normalized spacial score (nSPS) is 19.3. The van der Waals surface area contributed by atoms with E-state index in [0.717, 1.165) is 31.5 Å². The summed E-state index contributed by atoms with van der Waals surface area (Å²) in [6.07, 6.45) is 1.93. The maximum absolute atomic E-state index is 13.5. The van der Waals surface area contributed by atoms with Crippen molar-refractivity contribution in [3.8, 4) is 11.5 Å². The van der Waals surface area contributed by atoms with E-state index in [0.29, 0.717) is 5.82 Å². The molecular formula is C12H11F2N3O. The van der Waals surface area contributed by atoms with Gasteiger partial charge in [0.15, 0.2) is 5.82 Å². The molecule has 94 valence electrons. The number of benzene rings is 1. The first kappa shape index (κ1) is 11.3. The number of halogens is 2. The lowest BCUT2D eigenvalue weighted by molar-refractivity contribution is 0.408. The van der Waals surface area contributed by atoms with Crippen LogP contribution in [0.4, 0.5) is 8.78 Å². The fourth-order valence-electron chi connectivity index (χ4n) is 2.09. The molecule has 0 radical (unpaired) electrons. The Kier molecular flexibility index (Phi) is 2.79. The second kappa shape index (κ2) is 4.45. The molecule has 0 amide bonds. The van der Waals surface area contributed by atoms with E-state index in [1.165, 1.54) is 6.07 Å². The summed E-state index contributed by atoms with van der Waals surface area (Å²) in [7, 11) is 0. The first-order valence-electron chi connectivity index (χ1n) is 5.77. The molecule has 1 unspecified atom stereocenters. The lowest BCUT2D eigenvalue weighted by Gasteiger charge is -2.02. The predicted molar refractivity (Wildman–Crippen MR) is 59.6 cm³/mol. The average molecular weight is 251 g/mol. The number of aromatic nitrogens is 2. The zero-order chi connectivity index (χ0) is 12.5. The second-order valence-electron chi connectivity index (χ2n) is 4.20. The molecule has 1 aliphatic heterocycles. The van der Waals surface area contributed by atoms with E-state index < -0.39 is 11.6 Å². The Morgan fingerprint density at radius 1 is 1.28 bits per heavy atom. The third-order valence-electron chi connectivity index (χ3n) is 2.99. The van der Waals surface area contributed by atoms with Crippen molar-refractivity contribution in [3.63, 3.8) is 0 Å². The minimum atomic E-state index is -0.704. The molecule has 18 heavy (non-hydrogen) atoms. The van der Waals surface area contributed by atoms with Gasteiger partial charge in [0, 0.05) is 0 Å². The van der Waals surface area contributed by atoms with Crippen LogP contribution in [0, 0.1) is 11.6 Å².